The van der Waals surface area contributed by atoms with Crippen LogP contribution in [0, 0.1) is 5.82 Å². The van der Waals surface area contributed by atoms with Gasteiger partial charge >= 0.3 is 5.97 Å². The molecule has 0 spiro atoms. The largest absolute Gasteiger partial charge is 0.464 e. The van der Waals surface area contributed by atoms with E-state index < -0.39 is 5.97 Å². The zero-order chi connectivity index (χ0) is 13.4. The summed E-state index contributed by atoms with van der Waals surface area (Å²) in [4.78, 5) is 16.1. The summed E-state index contributed by atoms with van der Waals surface area (Å²) < 4.78 is 18.1. The van der Waals surface area contributed by atoms with Crippen molar-refractivity contribution in [3.05, 3.63) is 54.0 Å². The minimum atomic E-state index is -0.498. The molecule has 19 heavy (non-hydrogen) atoms. The predicted octanol–water partition coefficient (Wildman–Crippen LogP) is 3.31. The van der Waals surface area contributed by atoms with Gasteiger partial charge in [-0.1, -0.05) is 24.3 Å². The molecule has 0 bridgehead atoms. The molecule has 2 aromatic carbocycles. The van der Waals surface area contributed by atoms with Gasteiger partial charge in [-0.2, -0.15) is 0 Å². The minimum absolute atomic E-state index is 0.247. The summed E-state index contributed by atoms with van der Waals surface area (Å²) in [5.74, 6) is -0.826. The number of esters is 1. The van der Waals surface area contributed by atoms with Gasteiger partial charge in [-0.15, -0.1) is 0 Å². The lowest BCUT2D eigenvalue weighted by Gasteiger charge is -2.08. The number of nitrogens with zero attached hydrogens (tertiary/aromatic N) is 1. The maximum absolute atomic E-state index is 13.4. The summed E-state index contributed by atoms with van der Waals surface area (Å²) in [6.07, 6.45) is 0. The Kier molecular flexibility index (Phi) is 2.63. The molecule has 0 N–H and O–H groups in total. The van der Waals surface area contributed by atoms with Gasteiger partial charge in [0.2, 0.25) is 0 Å². The average molecular weight is 255 g/mol. The number of hydrogen-bond donors (Lipinski definition) is 0. The number of carbonyl (C=O) groups is 1. The number of halogens is 1. The molecule has 0 fully saturated rings. The first-order chi connectivity index (χ1) is 9.20. The maximum atomic E-state index is 13.4. The number of fused-ring (bicyclic) bond motifs is 3. The van der Waals surface area contributed by atoms with Crippen molar-refractivity contribution in [2.24, 2.45) is 0 Å². The van der Waals surface area contributed by atoms with Crippen molar-refractivity contribution in [2.45, 2.75) is 0 Å². The number of pyridine rings is 1. The zero-order valence-electron chi connectivity index (χ0n) is 10.2. The molecule has 0 aliphatic heterocycles. The molecule has 0 atom stereocenters. The fraction of sp³-hybridized carbons (Fsp3) is 0.0667. The van der Waals surface area contributed by atoms with Crippen molar-refractivity contribution in [3.63, 3.8) is 0 Å². The summed E-state index contributed by atoms with van der Waals surface area (Å²) in [5, 5.41) is 2.13. The number of aromatic nitrogens is 1. The molecule has 0 saturated carbocycles. The standard InChI is InChI=1S/C15H10FNO2/c1-19-15(18)14-11-5-3-2-4-10(11)12-8-9(16)6-7-13(12)17-14/h2-8H,1H3. The topological polar surface area (TPSA) is 39.2 Å². The molecule has 1 aromatic heterocycles. The van der Waals surface area contributed by atoms with Gasteiger partial charge in [0.1, 0.15) is 5.82 Å². The van der Waals surface area contributed by atoms with E-state index in [1.807, 2.05) is 18.2 Å². The van der Waals surface area contributed by atoms with E-state index in [4.69, 9.17) is 4.74 Å². The SMILES string of the molecule is COC(=O)c1nc2ccc(F)cc2c2ccccc12. The maximum Gasteiger partial charge on any atom is 0.357 e. The Hall–Kier alpha value is -2.49. The van der Waals surface area contributed by atoms with E-state index >= 15 is 0 Å². The van der Waals surface area contributed by atoms with Crippen molar-refractivity contribution in [1.29, 1.82) is 0 Å². The number of benzene rings is 2. The molecule has 0 radical (unpaired) electrons. The van der Waals surface area contributed by atoms with Crippen molar-refractivity contribution < 1.29 is 13.9 Å². The minimum Gasteiger partial charge on any atom is -0.464 e. The smallest absolute Gasteiger partial charge is 0.357 e. The second kappa shape index (κ2) is 4.31. The molecule has 0 unspecified atom stereocenters. The first kappa shape index (κ1) is 11.6. The number of methoxy groups -OCH3 is 1. The molecule has 0 saturated heterocycles. The fourth-order valence-electron chi connectivity index (χ4n) is 2.18. The lowest BCUT2D eigenvalue weighted by atomic mass is 10.0. The van der Waals surface area contributed by atoms with Crippen LogP contribution in [0.25, 0.3) is 21.7 Å². The summed E-state index contributed by atoms with van der Waals surface area (Å²) in [6.45, 7) is 0. The number of ether oxygens (including phenoxy) is 1. The third-order valence-electron chi connectivity index (χ3n) is 3.04. The molecule has 1 heterocycles. The van der Waals surface area contributed by atoms with Gasteiger partial charge in [0.15, 0.2) is 5.69 Å². The van der Waals surface area contributed by atoms with Crippen LogP contribution in [0.2, 0.25) is 0 Å². The van der Waals surface area contributed by atoms with Gasteiger partial charge in [-0.3, -0.25) is 0 Å². The molecule has 0 aliphatic carbocycles. The Morgan fingerprint density at radius 3 is 2.58 bits per heavy atom. The van der Waals surface area contributed by atoms with Crippen LogP contribution in [0.4, 0.5) is 4.39 Å². The summed E-state index contributed by atoms with van der Waals surface area (Å²) >= 11 is 0. The van der Waals surface area contributed by atoms with E-state index in [-0.39, 0.29) is 11.5 Å². The molecule has 3 rings (SSSR count). The van der Waals surface area contributed by atoms with Gasteiger partial charge in [0.25, 0.3) is 0 Å². The van der Waals surface area contributed by atoms with Gasteiger partial charge in [-0.25, -0.2) is 14.2 Å². The highest BCUT2D eigenvalue weighted by Gasteiger charge is 2.15. The third-order valence-corrected chi connectivity index (χ3v) is 3.04. The normalized spacial score (nSPS) is 10.8. The second-order valence-electron chi connectivity index (χ2n) is 4.16. The van der Waals surface area contributed by atoms with E-state index in [1.165, 1.54) is 19.2 Å². The number of hydrogen-bond acceptors (Lipinski definition) is 3. The molecule has 0 aliphatic rings. The molecular weight excluding hydrogens is 245 g/mol. The Morgan fingerprint density at radius 2 is 1.84 bits per heavy atom. The zero-order valence-corrected chi connectivity index (χ0v) is 10.2. The molecule has 4 heteroatoms. The highest BCUT2D eigenvalue weighted by atomic mass is 19.1. The molecule has 3 aromatic rings. The van der Waals surface area contributed by atoms with Crippen LogP contribution in [0.3, 0.4) is 0 Å². The summed E-state index contributed by atoms with van der Waals surface area (Å²) in [7, 11) is 1.31. The molecule has 0 amide bonds. The lowest BCUT2D eigenvalue weighted by Crippen LogP contribution is -2.05. The summed E-state index contributed by atoms with van der Waals surface area (Å²) in [6, 6.07) is 11.6. The first-order valence-corrected chi connectivity index (χ1v) is 5.77. The van der Waals surface area contributed by atoms with Crippen LogP contribution < -0.4 is 0 Å². The van der Waals surface area contributed by atoms with E-state index in [0.29, 0.717) is 16.3 Å². The van der Waals surface area contributed by atoms with Gasteiger partial charge < -0.3 is 4.74 Å². The summed E-state index contributed by atoms with van der Waals surface area (Å²) in [5.41, 5.74) is 0.817. The molecule has 94 valence electrons. The van der Waals surface area contributed by atoms with Gasteiger partial charge in [0.05, 0.1) is 12.6 Å². The van der Waals surface area contributed by atoms with Crippen LogP contribution >= 0.6 is 0 Å². The Bertz CT molecular complexity index is 799. The first-order valence-electron chi connectivity index (χ1n) is 5.77. The number of carbonyl (C=O) groups excluding carboxylic acids is 1. The highest BCUT2D eigenvalue weighted by molar-refractivity contribution is 6.13. The molecular formula is C15H10FNO2. The quantitative estimate of drug-likeness (QED) is 0.494. The molecule has 3 nitrogen and oxygen atoms in total. The lowest BCUT2D eigenvalue weighted by molar-refractivity contribution is 0.0597. The van der Waals surface area contributed by atoms with Gasteiger partial charge in [-0.05, 0) is 23.6 Å². The monoisotopic (exact) mass is 255 g/mol. The predicted molar refractivity (Wildman–Crippen MR) is 70.5 cm³/mol. The van der Waals surface area contributed by atoms with Crippen molar-refractivity contribution in [2.75, 3.05) is 7.11 Å². The average Bonchev–Trinajstić information content (AvgIpc) is 2.46. The Balaban J connectivity index is 2.50. The Labute approximate surface area is 108 Å². The van der Waals surface area contributed by atoms with Crippen molar-refractivity contribution in [3.8, 4) is 0 Å². The van der Waals surface area contributed by atoms with E-state index in [9.17, 15) is 9.18 Å². The third kappa shape index (κ3) is 1.81. The van der Waals surface area contributed by atoms with Crippen LogP contribution in [0.15, 0.2) is 42.5 Å². The van der Waals surface area contributed by atoms with Crippen LogP contribution in [0.5, 0.6) is 0 Å². The highest BCUT2D eigenvalue weighted by Crippen LogP contribution is 2.27. The van der Waals surface area contributed by atoms with E-state index in [1.54, 1.807) is 12.1 Å². The van der Waals surface area contributed by atoms with Crippen LogP contribution in [0.1, 0.15) is 10.5 Å². The van der Waals surface area contributed by atoms with Crippen molar-refractivity contribution in [1.82, 2.24) is 4.98 Å². The fourth-order valence-corrected chi connectivity index (χ4v) is 2.18. The van der Waals surface area contributed by atoms with E-state index in [0.717, 1.165) is 5.39 Å². The van der Waals surface area contributed by atoms with Crippen LogP contribution in [-0.4, -0.2) is 18.1 Å². The van der Waals surface area contributed by atoms with E-state index in [2.05, 4.69) is 4.98 Å². The van der Waals surface area contributed by atoms with Crippen LogP contribution in [-0.2, 0) is 4.74 Å². The second-order valence-corrected chi connectivity index (χ2v) is 4.16. The Morgan fingerprint density at radius 1 is 1.11 bits per heavy atom. The van der Waals surface area contributed by atoms with Gasteiger partial charge in [0, 0.05) is 10.8 Å². The van der Waals surface area contributed by atoms with Crippen molar-refractivity contribution >= 4 is 27.6 Å². The number of rotatable bonds is 1.